The van der Waals surface area contributed by atoms with Crippen molar-refractivity contribution >= 4 is 34.6 Å². The first-order chi connectivity index (χ1) is 18.8. The Morgan fingerprint density at radius 3 is 2.46 bits per heavy atom. The van der Waals surface area contributed by atoms with E-state index in [1.807, 2.05) is 39.0 Å². The van der Waals surface area contributed by atoms with E-state index >= 15 is 0 Å². The molecule has 2 aliphatic rings. The summed E-state index contributed by atoms with van der Waals surface area (Å²) in [5.74, 6) is -1.88. The maximum absolute atomic E-state index is 13.6. The Hall–Kier alpha value is -3.82. The van der Waals surface area contributed by atoms with Gasteiger partial charge < -0.3 is 14.7 Å². The van der Waals surface area contributed by atoms with Crippen LogP contribution in [0.3, 0.4) is 0 Å². The Morgan fingerprint density at radius 1 is 1.10 bits per heavy atom. The molecule has 0 radical (unpaired) electrons. The van der Waals surface area contributed by atoms with E-state index in [0.717, 1.165) is 10.4 Å². The number of aliphatic hydroxyl groups is 1. The van der Waals surface area contributed by atoms with Crippen LogP contribution in [0.4, 0.5) is 5.69 Å². The third kappa shape index (κ3) is 5.24. The van der Waals surface area contributed by atoms with Crippen LogP contribution in [0.15, 0.2) is 66.1 Å². The minimum absolute atomic E-state index is 0.00399. The number of aliphatic hydroxyl groups excluding tert-OH is 1. The van der Waals surface area contributed by atoms with Crippen molar-refractivity contribution in [1.82, 2.24) is 9.88 Å². The van der Waals surface area contributed by atoms with Crippen molar-refractivity contribution in [3.8, 4) is 10.4 Å². The number of ketones is 1. The molecule has 8 nitrogen and oxygen atoms in total. The fourth-order valence-corrected chi connectivity index (χ4v) is 5.91. The quantitative estimate of drug-likeness (QED) is 0.443. The zero-order chi connectivity index (χ0) is 27.7. The van der Waals surface area contributed by atoms with Gasteiger partial charge in [0.05, 0.1) is 24.8 Å². The SMILES string of the molecule is Cc1ccc(-c2ccc(N3C(=O)C(O)=C(C(=O)CC(C)C)C3c3cccnc3C(=O)N3CCOCC3)cc2)s1. The second kappa shape index (κ2) is 11.1. The number of hydrogen-bond donors (Lipinski definition) is 1. The largest absolute Gasteiger partial charge is 0.503 e. The molecule has 9 heteroatoms. The molecule has 1 unspecified atom stereocenters. The van der Waals surface area contributed by atoms with Crippen molar-refractivity contribution < 1.29 is 24.2 Å². The maximum Gasteiger partial charge on any atom is 0.294 e. The number of hydrogen-bond acceptors (Lipinski definition) is 7. The highest BCUT2D eigenvalue weighted by molar-refractivity contribution is 7.15. The lowest BCUT2D eigenvalue weighted by Crippen LogP contribution is -2.42. The molecule has 0 spiro atoms. The molecular formula is C30H31N3O5S. The molecule has 1 atom stereocenters. The lowest BCUT2D eigenvalue weighted by atomic mass is 9.91. The monoisotopic (exact) mass is 545 g/mol. The third-order valence-corrected chi connectivity index (χ3v) is 7.96. The van der Waals surface area contributed by atoms with Gasteiger partial charge in [-0.15, -0.1) is 11.3 Å². The number of aromatic nitrogens is 1. The smallest absolute Gasteiger partial charge is 0.294 e. The molecule has 2 aromatic heterocycles. The van der Waals surface area contributed by atoms with E-state index in [-0.39, 0.29) is 35.3 Å². The second-order valence-electron chi connectivity index (χ2n) is 10.2. The first kappa shape index (κ1) is 26.8. The van der Waals surface area contributed by atoms with Gasteiger partial charge in [0.1, 0.15) is 5.69 Å². The number of morpholine rings is 1. The van der Waals surface area contributed by atoms with Gasteiger partial charge in [0.2, 0.25) is 0 Å². The molecule has 1 fully saturated rings. The van der Waals surface area contributed by atoms with E-state index in [2.05, 4.69) is 11.1 Å². The van der Waals surface area contributed by atoms with Crippen molar-refractivity contribution in [2.45, 2.75) is 33.2 Å². The lowest BCUT2D eigenvalue weighted by molar-refractivity contribution is -0.118. The van der Waals surface area contributed by atoms with E-state index in [4.69, 9.17) is 4.74 Å². The van der Waals surface area contributed by atoms with Crippen molar-refractivity contribution in [3.63, 3.8) is 0 Å². The van der Waals surface area contributed by atoms with E-state index in [1.165, 1.54) is 16.0 Å². The second-order valence-corrected chi connectivity index (χ2v) is 11.5. The molecule has 3 aromatic rings. The van der Waals surface area contributed by atoms with Gasteiger partial charge in [-0.25, -0.2) is 0 Å². The number of pyridine rings is 1. The van der Waals surface area contributed by atoms with Crippen LogP contribution in [0.5, 0.6) is 0 Å². The first-order valence-electron chi connectivity index (χ1n) is 13.0. The molecule has 202 valence electrons. The molecular weight excluding hydrogens is 514 g/mol. The molecule has 2 amide bonds. The number of benzene rings is 1. The predicted octanol–water partition coefficient (Wildman–Crippen LogP) is 5.11. The van der Waals surface area contributed by atoms with Crippen LogP contribution in [-0.4, -0.2) is 58.9 Å². The minimum atomic E-state index is -0.993. The summed E-state index contributed by atoms with van der Waals surface area (Å²) in [5, 5.41) is 11.1. The van der Waals surface area contributed by atoms with E-state index < -0.39 is 17.7 Å². The lowest BCUT2D eigenvalue weighted by Gasteiger charge is -2.30. The number of thiophene rings is 1. The topological polar surface area (TPSA) is 100 Å². The standard InChI is InChI=1S/C30H31N3O5S/c1-18(2)17-23(34)25-27(22-5-4-12-31-26(22)29(36)32-13-15-38-16-14-32)33(30(37)28(25)35)21-9-7-20(8-10-21)24-11-6-19(3)39-24/h4-12,18,27,35H,13-17H2,1-3H3. The molecule has 1 N–H and O–H groups in total. The molecule has 1 aromatic carbocycles. The van der Waals surface area contributed by atoms with Crippen molar-refractivity contribution in [2.75, 3.05) is 31.2 Å². The summed E-state index contributed by atoms with van der Waals surface area (Å²) >= 11 is 1.67. The summed E-state index contributed by atoms with van der Waals surface area (Å²) < 4.78 is 5.40. The summed E-state index contributed by atoms with van der Waals surface area (Å²) in [6.45, 7) is 7.55. The number of ether oxygens (including phenoxy) is 1. The van der Waals surface area contributed by atoms with Crippen LogP contribution in [0.2, 0.25) is 0 Å². The first-order valence-corrected chi connectivity index (χ1v) is 13.9. The molecule has 0 saturated carbocycles. The van der Waals surface area contributed by atoms with Gasteiger partial charge in [0.25, 0.3) is 11.8 Å². The zero-order valence-corrected chi connectivity index (χ0v) is 23.0. The number of carbonyl (C=O) groups is 3. The summed E-state index contributed by atoms with van der Waals surface area (Å²) in [5.41, 5.74) is 2.05. The van der Waals surface area contributed by atoms with Gasteiger partial charge in [0, 0.05) is 46.7 Å². The van der Waals surface area contributed by atoms with Crippen molar-refractivity contribution in [1.29, 1.82) is 0 Å². The zero-order valence-electron chi connectivity index (χ0n) is 22.2. The van der Waals surface area contributed by atoms with Gasteiger partial charge >= 0.3 is 0 Å². The normalized spacial score (nSPS) is 17.8. The molecule has 0 bridgehead atoms. The van der Waals surface area contributed by atoms with Crippen LogP contribution in [-0.2, 0) is 14.3 Å². The number of carbonyl (C=O) groups excluding carboxylic acids is 3. The predicted molar refractivity (Wildman–Crippen MR) is 150 cm³/mol. The highest BCUT2D eigenvalue weighted by atomic mass is 32.1. The molecule has 4 heterocycles. The van der Waals surface area contributed by atoms with E-state index in [1.54, 1.807) is 40.5 Å². The average Bonchev–Trinajstić information content (AvgIpc) is 3.49. The van der Waals surface area contributed by atoms with Crippen LogP contribution in [0.25, 0.3) is 10.4 Å². The van der Waals surface area contributed by atoms with Gasteiger partial charge in [-0.05, 0) is 48.7 Å². The van der Waals surface area contributed by atoms with Crippen LogP contribution in [0, 0.1) is 12.8 Å². The average molecular weight is 546 g/mol. The van der Waals surface area contributed by atoms with Crippen LogP contribution in [0.1, 0.15) is 47.2 Å². The number of rotatable bonds is 7. The Balaban J connectivity index is 1.60. The fourth-order valence-electron chi connectivity index (χ4n) is 5.04. The Kier molecular flexibility index (Phi) is 7.63. The molecule has 1 saturated heterocycles. The summed E-state index contributed by atoms with van der Waals surface area (Å²) in [6, 6.07) is 13.9. The van der Waals surface area contributed by atoms with E-state index in [0.29, 0.717) is 37.6 Å². The summed E-state index contributed by atoms with van der Waals surface area (Å²) in [7, 11) is 0. The van der Waals surface area contributed by atoms with Crippen molar-refractivity contribution in [3.05, 3.63) is 82.2 Å². The Bertz CT molecular complexity index is 1440. The summed E-state index contributed by atoms with van der Waals surface area (Å²) in [4.78, 5) is 50.4. The van der Waals surface area contributed by atoms with Crippen LogP contribution >= 0.6 is 11.3 Å². The Morgan fingerprint density at radius 2 is 1.82 bits per heavy atom. The highest BCUT2D eigenvalue weighted by Gasteiger charge is 2.46. The third-order valence-electron chi connectivity index (χ3n) is 6.91. The number of nitrogens with zero attached hydrogens (tertiary/aromatic N) is 3. The highest BCUT2D eigenvalue weighted by Crippen LogP contribution is 2.43. The number of anilines is 1. The summed E-state index contributed by atoms with van der Waals surface area (Å²) in [6.07, 6.45) is 1.68. The molecule has 2 aliphatic heterocycles. The van der Waals surface area contributed by atoms with Crippen LogP contribution < -0.4 is 4.90 Å². The van der Waals surface area contributed by atoms with Gasteiger partial charge in [0.15, 0.2) is 11.5 Å². The molecule has 39 heavy (non-hydrogen) atoms. The number of amides is 2. The van der Waals surface area contributed by atoms with Gasteiger partial charge in [-0.1, -0.05) is 32.0 Å². The number of aryl methyl sites for hydroxylation is 1. The van der Waals surface area contributed by atoms with Gasteiger partial charge in [-0.2, -0.15) is 0 Å². The van der Waals surface area contributed by atoms with Gasteiger partial charge in [-0.3, -0.25) is 24.3 Å². The minimum Gasteiger partial charge on any atom is -0.503 e. The maximum atomic E-state index is 13.6. The Labute approximate surface area is 231 Å². The van der Waals surface area contributed by atoms with Crippen molar-refractivity contribution in [2.24, 2.45) is 5.92 Å². The fraction of sp³-hybridized carbons (Fsp3) is 0.333. The number of Topliss-reactive ketones (excluding diaryl/α,β-unsaturated/α-hetero) is 1. The molecule has 0 aliphatic carbocycles. The van der Waals surface area contributed by atoms with E-state index in [9.17, 15) is 19.5 Å². The molecule has 5 rings (SSSR count).